The Balaban J connectivity index is 3.00. The molecule has 1 atom stereocenters. The quantitative estimate of drug-likeness (QED) is 0.769. The Hall–Kier alpha value is -1.44. The van der Waals surface area contributed by atoms with Gasteiger partial charge >= 0.3 is 0 Å². The van der Waals surface area contributed by atoms with Crippen molar-refractivity contribution in [2.75, 3.05) is 21.2 Å². The van der Waals surface area contributed by atoms with Gasteiger partial charge in [0.1, 0.15) is 5.75 Å². The van der Waals surface area contributed by atoms with Gasteiger partial charge in [-0.1, -0.05) is 19.1 Å². The van der Waals surface area contributed by atoms with Crippen molar-refractivity contribution in [3.63, 3.8) is 0 Å². The lowest BCUT2D eigenvalue weighted by Gasteiger charge is -2.19. The lowest BCUT2D eigenvalue weighted by Crippen LogP contribution is -2.07. The maximum absolute atomic E-state index is 5.28. The van der Waals surface area contributed by atoms with Gasteiger partial charge in [-0.15, -0.1) is 0 Å². The number of ether oxygens (including phenoxy) is 1. The van der Waals surface area contributed by atoms with Crippen LogP contribution in [0.25, 0.3) is 0 Å². The van der Waals surface area contributed by atoms with Crippen LogP contribution in [0.15, 0.2) is 36.0 Å². The molecular weight excluding hydrogens is 210 g/mol. The highest BCUT2D eigenvalue weighted by Gasteiger charge is 2.12. The molecule has 2 nitrogen and oxygen atoms in total. The Morgan fingerprint density at radius 1 is 1.41 bits per heavy atom. The summed E-state index contributed by atoms with van der Waals surface area (Å²) >= 11 is 0. The van der Waals surface area contributed by atoms with E-state index in [0.717, 1.165) is 12.2 Å². The number of benzene rings is 1. The summed E-state index contributed by atoms with van der Waals surface area (Å²) in [4.78, 5) is 2.10. The normalized spacial score (nSPS) is 13.4. The van der Waals surface area contributed by atoms with Crippen LogP contribution in [0.2, 0.25) is 0 Å². The van der Waals surface area contributed by atoms with E-state index in [4.69, 9.17) is 4.74 Å². The third kappa shape index (κ3) is 3.81. The Kier molecular flexibility index (Phi) is 5.08. The van der Waals surface area contributed by atoms with Crippen LogP contribution >= 0.6 is 0 Å². The van der Waals surface area contributed by atoms with E-state index >= 15 is 0 Å². The molecule has 2 heteroatoms. The summed E-state index contributed by atoms with van der Waals surface area (Å²) in [6, 6.07) is 8.34. The number of hydrogen-bond acceptors (Lipinski definition) is 2. The summed E-state index contributed by atoms with van der Waals surface area (Å²) in [5.74, 6) is 1.39. The zero-order chi connectivity index (χ0) is 12.8. The summed E-state index contributed by atoms with van der Waals surface area (Å²) in [5, 5.41) is 0. The van der Waals surface area contributed by atoms with Crippen LogP contribution in [0.1, 0.15) is 31.7 Å². The molecule has 0 unspecified atom stereocenters. The molecule has 1 aromatic carbocycles. The molecule has 0 spiro atoms. The first kappa shape index (κ1) is 13.6. The van der Waals surface area contributed by atoms with Gasteiger partial charge in [-0.25, -0.2) is 0 Å². The first-order valence-corrected chi connectivity index (χ1v) is 6.07. The van der Waals surface area contributed by atoms with Crippen LogP contribution in [-0.4, -0.2) is 26.1 Å². The molecule has 94 valence electrons. The van der Waals surface area contributed by atoms with Crippen LogP contribution in [-0.2, 0) is 0 Å². The van der Waals surface area contributed by atoms with Gasteiger partial charge in [0.2, 0.25) is 0 Å². The zero-order valence-corrected chi connectivity index (χ0v) is 11.5. The molecule has 0 aliphatic heterocycles. The molecule has 0 N–H and O–H groups in total. The van der Waals surface area contributed by atoms with Crippen molar-refractivity contribution < 1.29 is 4.74 Å². The smallest absolute Gasteiger partial charge is 0.119 e. The maximum atomic E-state index is 5.28. The highest BCUT2D eigenvalue weighted by Crippen LogP contribution is 2.29. The molecule has 0 fully saturated rings. The standard InChI is InChI=1S/C15H23NO/c1-6-15(12(2)11-16(3)4)13-8-7-9-14(10-13)17-5/h7-11,15H,6H2,1-5H3/t15-/m0/s1. The van der Waals surface area contributed by atoms with E-state index in [1.807, 2.05) is 6.07 Å². The minimum absolute atomic E-state index is 0.465. The summed E-state index contributed by atoms with van der Waals surface area (Å²) < 4.78 is 5.28. The zero-order valence-electron chi connectivity index (χ0n) is 11.5. The molecule has 0 aromatic heterocycles. The summed E-state index contributed by atoms with van der Waals surface area (Å²) in [6.07, 6.45) is 3.29. The predicted octanol–water partition coefficient (Wildman–Crippen LogP) is 3.65. The van der Waals surface area contributed by atoms with Gasteiger partial charge in [-0.2, -0.15) is 0 Å². The Morgan fingerprint density at radius 2 is 2.12 bits per heavy atom. The topological polar surface area (TPSA) is 12.5 Å². The fourth-order valence-corrected chi connectivity index (χ4v) is 2.18. The summed E-state index contributed by atoms with van der Waals surface area (Å²) in [5.41, 5.74) is 2.70. The minimum Gasteiger partial charge on any atom is -0.497 e. The van der Waals surface area contributed by atoms with Gasteiger partial charge in [-0.05, 0) is 42.8 Å². The first-order chi connectivity index (χ1) is 8.08. The molecule has 1 aromatic rings. The second kappa shape index (κ2) is 6.33. The van der Waals surface area contributed by atoms with Crippen molar-refractivity contribution >= 4 is 0 Å². The van der Waals surface area contributed by atoms with Crippen LogP contribution in [0.3, 0.4) is 0 Å². The van der Waals surface area contributed by atoms with Crippen molar-refractivity contribution in [3.05, 3.63) is 41.6 Å². The average molecular weight is 233 g/mol. The monoisotopic (exact) mass is 233 g/mol. The Labute approximate surface area is 105 Å². The Bertz CT molecular complexity index is 382. The molecule has 0 aliphatic rings. The van der Waals surface area contributed by atoms with E-state index in [1.165, 1.54) is 11.1 Å². The van der Waals surface area contributed by atoms with Crippen LogP contribution in [0, 0.1) is 0 Å². The summed E-state index contributed by atoms with van der Waals surface area (Å²) in [7, 11) is 5.83. The molecular formula is C15H23NO. The SMILES string of the molecule is CC[C@@H](C(C)=CN(C)C)c1cccc(OC)c1. The van der Waals surface area contributed by atoms with Crippen molar-refractivity contribution in [1.29, 1.82) is 0 Å². The number of rotatable bonds is 5. The van der Waals surface area contributed by atoms with E-state index in [9.17, 15) is 0 Å². The lowest BCUT2D eigenvalue weighted by atomic mass is 9.90. The van der Waals surface area contributed by atoms with Crippen LogP contribution < -0.4 is 4.74 Å². The van der Waals surface area contributed by atoms with Crippen molar-refractivity contribution in [3.8, 4) is 5.75 Å². The van der Waals surface area contributed by atoms with Gasteiger partial charge in [0.05, 0.1) is 7.11 Å². The van der Waals surface area contributed by atoms with Gasteiger partial charge < -0.3 is 9.64 Å². The Morgan fingerprint density at radius 3 is 2.65 bits per heavy atom. The van der Waals surface area contributed by atoms with Crippen molar-refractivity contribution in [1.82, 2.24) is 4.90 Å². The largest absolute Gasteiger partial charge is 0.497 e. The highest BCUT2D eigenvalue weighted by molar-refractivity contribution is 5.34. The molecule has 0 radical (unpaired) electrons. The number of hydrogen-bond donors (Lipinski definition) is 0. The fraction of sp³-hybridized carbons (Fsp3) is 0.467. The van der Waals surface area contributed by atoms with E-state index in [-0.39, 0.29) is 0 Å². The molecule has 1 rings (SSSR count). The molecule has 0 saturated carbocycles. The third-order valence-electron chi connectivity index (χ3n) is 2.92. The minimum atomic E-state index is 0.465. The summed E-state index contributed by atoms with van der Waals surface area (Å²) in [6.45, 7) is 4.41. The van der Waals surface area contributed by atoms with E-state index < -0.39 is 0 Å². The maximum Gasteiger partial charge on any atom is 0.119 e. The van der Waals surface area contributed by atoms with Gasteiger partial charge in [0.25, 0.3) is 0 Å². The van der Waals surface area contributed by atoms with E-state index in [0.29, 0.717) is 5.92 Å². The molecule has 17 heavy (non-hydrogen) atoms. The number of allylic oxidation sites excluding steroid dienone is 1. The lowest BCUT2D eigenvalue weighted by molar-refractivity contribution is 0.414. The van der Waals surface area contributed by atoms with Crippen LogP contribution in [0.5, 0.6) is 5.75 Å². The van der Waals surface area contributed by atoms with Crippen molar-refractivity contribution in [2.24, 2.45) is 0 Å². The molecule has 0 heterocycles. The van der Waals surface area contributed by atoms with Gasteiger partial charge in [0, 0.05) is 20.0 Å². The predicted molar refractivity (Wildman–Crippen MR) is 73.5 cm³/mol. The van der Waals surface area contributed by atoms with E-state index in [2.05, 4.69) is 57.2 Å². The first-order valence-electron chi connectivity index (χ1n) is 6.07. The molecule has 0 aliphatic carbocycles. The van der Waals surface area contributed by atoms with E-state index in [1.54, 1.807) is 7.11 Å². The molecule has 0 amide bonds. The van der Waals surface area contributed by atoms with Crippen LogP contribution in [0.4, 0.5) is 0 Å². The van der Waals surface area contributed by atoms with Gasteiger partial charge in [0.15, 0.2) is 0 Å². The number of nitrogens with zero attached hydrogens (tertiary/aromatic N) is 1. The molecule has 0 bridgehead atoms. The third-order valence-corrected chi connectivity index (χ3v) is 2.92. The fourth-order valence-electron chi connectivity index (χ4n) is 2.18. The number of methoxy groups -OCH3 is 1. The van der Waals surface area contributed by atoms with Crippen molar-refractivity contribution in [2.45, 2.75) is 26.2 Å². The van der Waals surface area contributed by atoms with Gasteiger partial charge in [-0.3, -0.25) is 0 Å². The molecule has 0 saturated heterocycles. The second-order valence-electron chi connectivity index (χ2n) is 4.57. The highest BCUT2D eigenvalue weighted by atomic mass is 16.5. The average Bonchev–Trinajstić information content (AvgIpc) is 2.29. The second-order valence-corrected chi connectivity index (χ2v) is 4.57.